The van der Waals surface area contributed by atoms with E-state index in [4.69, 9.17) is 10.5 Å². The van der Waals surface area contributed by atoms with Crippen molar-refractivity contribution in [3.8, 4) is 0 Å². The van der Waals surface area contributed by atoms with Gasteiger partial charge in [-0.1, -0.05) is 18.2 Å². The second-order valence-corrected chi connectivity index (χ2v) is 6.09. The van der Waals surface area contributed by atoms with Crippen LogP contribution >= 0.6 is 37.2 Å². The van der Waals surface area contributed by atoms with E-state index in [1.54, 1.807) is 7.11 Å². The largest absolute Gasteiger partial charge is 0.383 e. The van der Waals surface area contributed by atoms with Gasteiger partial charge in [-0.15, -0.1) is 37.2 Å². The van der Waals surface area contributed by atoms with E-state index in [0.29, 0.717) is 0 Å². The Morgan fingerprint density at radius 2 is 1.73 bits per heavy atom. The van der Waals surface area contributed by atoms with Gasteiger partial charge in [0.15, 0.2) is 0 Å². The fraction of sp³-hybridized carbons (Fsp3) is 0.588. The zero-order valence-electron chi connectivity index (χ0n) is 15.3. The molecular formula is C17H31Cl3N4O2. The minimum Gasteiger partial charge on any atom is -0.383 e. The lowest BCUT2D eigenvalue weighted by Gasteiger charge is -2.37. The van der Waals surface area contributed by atoms with Crippen molar-refractivity contribution < 1.29 is 9.53 Å². The van der Waals surface area contributed by atoms with Crippen molar-refractivity contribution in [1.82, 2.24) is 10.2 Å². The van der Waals surface area contributed by atoms with Gasteiger partial charge < -0.3 is 20.7 Å². The molecule has 1 saturated heterocycles. The standard InChI is InChI=1S/C17H28N4O2.3ClH/c1-14(19-17(22)16(18)13-23-2)12-20-8-10-21(11-9-20)15-6-4-3-5-7-15;;;/h3-7,14,16H,8-13,18H2,1-2H3,(H,19,22);3*1H. The number of anilines is 1. The van der Waals surface area contributed by atoms with Crippen LogP contribution in [0.25, 0.3) is 0 Å². The molecule has 1 heterocycles. The van der Waals surface area contributed by atoms with Gasteiger partial charge in [0.2, 0.25) is 5.91 Å². The van der Waals surface area contributed by atoms with Crippen LogP contribution in [0.3, 0.4) is 0 Å². The molecule has 0 radical (unpaired) electrons. The molecule has 1 aliphatic rings. The lowest BCUT2D eigenvalue weighted by Crippen LogP contribution is -2.53. The highest BCUT2D eigenvalue weighted by molar-refractivity contribution is 5.86. The second-order valence-electron chi connectivity index (χ2n) is 6.09. The van der Waals surface area contributed by atoms with Crippen molar-refractivity contribution in [2.24, 2.45) is 5.73 Å². The Labute approximate surface area is 175 Å². The van der Waals surface area contributed by atoms with Gasteiger partial charge in [-0.05, 0) is 19.1 Å². The maximum Gasteiger partial charge on any atom is 0.239 e. The Kier molecular flexibility index (Phi) is 15.1. The Bertz CT molecular complexity index is 488. The van der Waals surface area contributed by atoms with Gasteiger partial charge in [-0.3, -0.25) is 9.69 Å². The highest BCUT2D eigenvalue weighted by Crippen LogP contribution is 2.15. The zero-order chi connectivity index (χ0) is 16.7. The molecule has 0 aromatic heterocycles. The predicted octanol–water partition coefficient (Wildman–Crippen LogP) is 1.55. The summed E-state index contributed by atoms with van der Waals surface area (Å²) < 4.78 is 4.91. The number of amides is 1. The molecule has 9 heteroatoms. The second kappa shape index (κ2) is 14.3. The molecule has 1 aromatic carbocycles. The first-order valence-corrected chi connectivity index (χ1v) is 8.17. The summed E-state index contributed by atoms with van der Waals surface area (Å²) in [5.41, 5.74) is 7.01. The average Bonchev–Trinajstić information content (AvgIpc) is 2.56. The Hall–Kier alpha value is -0.760. The summed E-state index contributed by atoms with van der Waals surface area (Å²) in [6.45, 7) is 7.11. The number of para-hydroxylation sites is 1. The van der Waals surface area contributed by atoms with Crippen LogP contribution in [0.1, 0.15) is 6.92 Å². The first-order valence-electron chi connectivity index (χ1n) is 8.17. The number of carbonyl (C=O) groups excluding carboxylic acids is 1. The molecule has 0 bridgehead atoms. The quantitative estimate of drug-likeness (QED) is 0.688. The first kappa shape index (κ1) is 27.5. The molecule has 2 unspecified atom stereocenters. The average molecular weight is 430 g/mol. The number of rotatable bonds is 7. The molecule has 0 spiro atoms. The number of piperazine rings is 1. The Balaban J connectivity index is 0. The van der Waals surface area contributed by atoms with Crippen LogP contribution in [0.15, 0.2) is 30.3 Å². The summed E-state index contributed by atoms with van der Waals surface area (Å²) in [6, 6.07) is 9.96. The van der Waals surface area contributed by atoms with Crippen molar-refractivity contribution in [3.63, 3.8) is 0 Å². The highest BCUT2D eigenvalue weighted by Gasteiger charge is 2.21. The van der Waals surface area contributed by atoms with E-state index in [9.17, 15) is 4.79 Å². The Morgan fingerprint density at radius 3 is 2.27 bits per heavy atom. The van der Waals surface area contributed by atoms with Gasteiger partial charge in [0, 0.05) is 51.6 Å². The van der Waals surface area contributed by atoms with Crippen LogP contribution in [0.4, 0.5) is 5.69 Å². The van der Waals surface area contributed by atoms with Crippen LogP contribution in [-0.2, 0) is 9.53 Å². The van der Waals surface area contributed by atoms with E-state index >= 15 is 0 Å². The summed E-state index contributed by atoms with van der Waals surface area (Å²) in [4.78, 5) is 16.7. The van der Waals surface area contributed by atoms with E-state index in [2.05, 4.69) is 39.4 Å². The first-order chi connectivity index (χ1) is 11.1. The maximum atomic E-state index is 11.9. The topological polar surface area (TPSA) is 70.8 Å². The number of nitrogens with two attached hydrogens (primary N) is 1. The van der Waals surface area contributed by atoms with E-state index in [0.717, 1.165) is 32.7 Å². The lowest BCUT2D eigenvalue weighted by molar-refractivity contribution is -0.124. The summed E-state index contributed by atoms with van der Waals surface area (Å²) >= 11 is 0. The maximum absolute atomic E-state index is 11.9. The van der Waals surface area contributed by atoms with E-state index in [-0.39, 0.29) is 55.8 Å². The number of methoxy groups -OCH3 is 1. The SMILES string of the molecule is COCC(N)C(=O)NC(C)CN1CCN(c2ccccc2)CC1.Cl.Cl.Cl. The normalized spacial score (nSPS) is 16.3. The van der Waals surface area contributed by atoms with Crippen molar-refractivity contribution in [3.05, 3.63) is 30.3 Å². The zero-order valence-corrected chi connectivity index (χ0v) is 17.7. The minimum absolute atomic E-state index is 0. The predicted molar refractivity (Wildman–Crippen MR) is 114 cm³/mol. The van der Waals surface area contributed by atoms with Crippen molar-refractivity contribution >= 4 is 48.8 Å². The molecule has 1 fully saturated rings. The van der Waals surface area contributed by atoms with Crippen molar-refractivity contribution in [1.29, 1.82) is 0 Å². The third-order valence-electron chi connectivity index (χ3n) is 4.10. The van der Waals surface area contributed by atoms with Gasteiger partial charge in [-0.2, -0.15) is 0 Å². The minimum atomic E-state index is -0.600. The number of ether oxygens (including phenoxy) is 1. The van der Waals surface area contributed by atoms with E-state index < -0.39 is 6.04 Å². The van der Waals surface area contributed by atoms with Gasteiger partial charge >= 0.3 is 0 Å². The molecule has 0 aliphatic carbocycles. The summed E-state index contributed by atoms with van der Waals surface area (Å²) in [5, 5.41) is 2.96. The third-order valence-corrected chi connectivity index (χ3v) is 4.10. The van der Waals surface area contributed by atoms with Gasteiger partial charge in [0.1, 0.15) is 6.04 Å². The van der Waals surface area contributed by atoms with Crippen LogP contribution in [0.2, 0.25) is 0 Å². The molecule has 3 N–H and O–H groups in total. The molecule has 0 saturated carbocycles. The summed E-state index contributed by atoms with van der Waals surface area (Å²) in [5.74, 6) is -0.151. The molecule has 152 valence electrons. The molecule has 6 nitrogen and oxygen atoms in total. The lowest BCUT2D eigenvalue weighted by atomic mass is 10.2. The molecule has 1 amide bonds. The van der Waals surface area contributed by atoms with Gasteiger partial charge in [0.05, 0.1) is 6.61 Å². The fourth-order valence-electron chi connectivity index (χ4n) is 2.87. The van der Waals surface area contributed by atoms with Crippen molar-refractivity contribution in [2.75, 3.05) is 51.3 Å². The molecule has 1 aromatic rings. The van der Waals surface area contributed by atoms with Crippen LogP contribution in [-0.4, -0.2) is 69.3 Å². The van der Waals surface area contributed by atoms with Gasteiger partial charge in [0.25, 0.3) is 0 Å². The smallest absolute Gasteiger partial charge is 0.239 e. The number of hydrogen-bond donors (Lipinski definition) is 2. The number of nitrogens with one attached hydrogen (secondary N) is 1. The number of benzene rings is 1. The number of halogens is 3. The molecule has 1 aliphatic heterocycles. The number of carbonyl (C=O) groups is 1. The van der Waals surface area contributed by atoms with Crippen LogP contribution in [0.5, 0.6) is 0 Å². The number of hydrogen-bond acceptors (Lipinski definition) is 5. The monoisotopic (exact) mass is 428 g/mol. The summed E-state index contributed by atoms with van der Waals surface area (Å²) in [7, 11) is 1.54. The summed E-state index contributed by atoms with van der Waals surface area (Å²) in [6.07, 6.45) is 0. The Morgan fingerprint density at radius 1 is 1.15 bits per heavy atom. The van der Waals surface area contributed by atoms with E-state index in [1.165, 1.54) is 5.69 Å². The number of nitrogens with zero attached hydrogens (tertiary/aromatic N) is 2. The van der Waals surface area contributed by atoms with Crippen LogP contribution < -0.4 is 16.0 Å². The molecule has 26 heavy (non-hydrogen) atoms. The van der Waals surface area contributed by atoms with Crippen LogP contribution in [0, 0.1) is 0 Å². The van der Waals surface area contributed by atoms with Crippen molar-refractivity contribution in [2.45, 2.75) is 19.0 Å². The fourth-order valence-corrected chi connectivity index (χ4v) is 2.87. The van der Waals surface area contributed by atoms with Gasteiger partial charge in [-0.25, -0.2) is 0 Å². The van der Waals surface area contributed by atoms with E-state index in [1.807, 2.05) is 13.0 Å². The molecular weight excluding hydrogens is 399 g/mol. The highest BCUT2D eigenvalue weighted by atomic mass is 35.5. The molecule has 2 rings (SSSR count). The molecule has 2 atom stereocenters. The third kappa shape index (κ3) is 8.75.